The molecule has 0 aliphatic carbocycles. The summed E-state index contributed by atoms with van der Waals surface area (Å²) in [6, 6.07) is 4.29. The molecule has 0 bridgehead atoms. The van der Waals surface area contributed by atoms with Crippen LogP contribution in [0, 0.1) is 19.7 Å². The number of carbonyl (C=O) groups is 2. The average molecular weight is 319 g/mol. The molecule has 6 nitrogen and oxygen atoms in total. The first kappa shape index (κ1) is 16.7. The number of nitrogens with zero attached hydrogens (tertiary/aromatic N) is 2. The molecule has 23 heavy (non-hydrogen) atoms. The second-order valence-corrected chi connectivity index (χ2v) is 5.26. The summed E-state index contributed by atoms with van der Waals surface area (Å²) in [5.41, 5.74) is 3.13. The standard InChI is InChI=1S/C16H18FN3O3/c1-9-15(10(2)20(3)19-9)11-4-5-13(17)12(8-11)16(23)18-7-6-14(21)22/h4-5,8H,6-7H2,1-3H3,(H,18,23)(H,21,22). The zero-order valence-electron chi connectivity index (χ0n) is 13.2. The van der Waals surface area contributed by atoms with E-state index < -0.39 is 17.7 Å². The normalized spacial score (nSPS) is 10.6. The van der Waals surface area contributed by atoms with Crippen LogP contribution in [0.4, 0.5) is 4.39 Å². The summed E-state index contributed by atoms with van der Waals surface area (Å²) < 4.78 is 15.7. The number of amides is 1. The van der Waals surface area contributed by atoms with E-state index in [-0.39, 0.29) is 18.5 Å². The first-order chi connectivity index (χ1) is 10.8. The number of carboxylic acid groups (broad SMARTS) is 1. The number of carboxylic acids is 1. The number of aromatic nitrogens is 2. The third-order valence-electron chi connectivity index (χ3n) is 3.63. The maximum atomic E-state index is 13.9. The number of nitrogens with one attached hydrogen (secondary N) is 1. The SMILES string of the molecule is Cc1nn(C)c(C)c1-c1ccc(F)c(C(=O)NCCC(=O)O)c1. The zero-order chi connectivity index (χ0) is 17.1. The van der Waals surface area contributed by atoms with Crippen LogP contribution in [-0.2, 0) is 11.8 Å². The number of hydrogen-bond donors (Lipinski definition) is 2. The number of benzene rings is 1. The topological polar surface area (TPSA) is 84.2 Å². The van der Waals surface area contributed by atoms with Gasteiger partial charge in [0.25, 0.3) is 5.91 Å². The highest BCUT2D eigenvalue weighted by Crippen LogP contribution is 2.28. The number of carbonyl (C=O) groups excluding carboxylic acids is 1. The van der Waals surface area contributed by atoms with Gasteiger partial charge in [0.1, 0.15) is 5.82 Å². The fourth-order valence-corrected chi connectivity index (χ4v) is 2.42. The first-order valence-corrected chi connectivity index (χ1v) is 7.11. The lowest BCUT2D eigenvalue weighted by Gasteiger charge is -2.08. The van der Waals surface area contributed by atoms with Crippen molar-refractivity contribution in [3.8, 4) is 11.1 Å². The van der Waals surface area contributed by atoms with Crippen LogP contribution in [0.2, 0.25) is 0 Å². The molecule has 0 aliphatic rings. The van der Waals surface area contributed by atoms with Crippen LogP contribution in [0.15, 0.2) is 18.2 Å². The van der Waals surface area contributed by atoms with Crippen LogP contribution in [0.3, 0.4) is 0 Å². The molecule has 2 aromatic rings. The van der Waals surface area contributed by atoms with Gasteiger partial charge < -0.3 is 10.4 Å². The van der Waals surface area contributed by atoms with Gasteiger partial charge in [-0.25, -0.2) is 4.39 Å². The Bertz CT molecular complexity index is 768. The number of aliphatic carboxylic acids is 1. The van der Waals surface area contributed by atoms with E-state index in [1.54, 1.807) is 10.7 Å². The smallest absolute Gasteiger partial charge is 0.305 e. The van der Waals surface area contributed by atoms with Gasteiger partial charge in [0.05, 0.1) is 17.7 Å². The van der Waals surface area contributed by atoms with Gasteiger partial charge in [-0.15, -0.1) is 0 Å². The summed E-state index contributed by atoms with van der Waals surface area (Å²) in [6.07, 6.45) is -0.214. The lowest BCUT2D eigenvalue weighted by atomic mass is 10.0. The zero-order valence-corrected chi connectivity index (χ0v) is 13.2. The average Bonchev–Trinajstić information content (AvgIpc) is 2.72. The van der Waals surface area contributed by atoms with Crippen molar-refractivity contribution in [1.82, 2.24) is 15.1 Å². The highest BCUT2D eigenvalue weighted by atomic mass is 19.1. The Hall–Kier alpha value is -2.70. The highest BCUT2D eigenvalue weighted by molar-refractivity contribution is 5.96. The fraction of sp³-hybridized carbons (Fsp3) is 0.312. The molecule has 0 saturated carbocycles. The summed E-state index contributed by atoms with van der Waals surface area (Å²) in [5.74, 6) is -2.31. The molecule has 1 amide bonds. The van der Waals surface area contributed by atoms with Gasteiger partial charge in [-0.05, 0) is 31.5 Å². The van der Waals surface area contributed by atoms with Crippen LogP contribution in [0.5, 0.6) is 0 Å². The van der Waals surface area contributed by atoms with Crippen molar-refractivity contribution in [3.05, 3.63) is 41.0 Å². The number of rotatable bonds is 5. The van der Waals surface area contributed by atoms with Crippen LogP contribution >= 0.6 is 0 Å². The Kier molecular flexibility index (Phi) is 4.78. The number of aryl methyl sites for hydroxylation is 2. The summed E-state index contributed by atoms with van der Waals surface area (Å²) in [5, 5.41) is 15.3. The molecule has 2 rings (SSSR count). The third-order valence-corrected chi connectivity index (χ3v) is 3.63. The second-order valence-electron chi connectivity index (χ2n) is 5.26. The Morgan fingerprint density at radius 1 is 1.35 bits per heavy atom. The molecule has 0 atom stereocenters. The van der Waals surface area contributed by atoms with Crippen molar-refractivity contribution in [2.45, 2.75) is 20.3 Å². The van der Waals surface area contributed by atoms with Crippen LogP contribution in [-0.4, -0.2) is 33.3 Å². The Labute approximate surface area is 132 Å². The molecule has 1 aromatic carbocycles. The molecule has 2 N–H and O–H groups in total. The van der Waals surface area contributed by atoms with Crippen molar-refractivity contribution in [2.75, 3.05) is 6.54 Å². The van der Waals surface area contributed by atoms with Crippen molar-refractivity contribution in [2.24, 2.45) is 7.05 Å². The lowest BCUT2D eigenvalue weighted by Crippen LogP contribution is -2.26. The van der Waals surface area contributed by atoms with Gasteiger partial charge in [0, 0.05) is 24.8 Å². The van der Waals surface area contributed by atoms with E-state index in [2.05, 4.69) is 10.4 Å². The Morgan fingerprint density at radius 2 is 2.04 bits per heavy atom. The molecule has 0 fully saturated rings. The Balaban J connectivity index is 2.32. The molecule has 1 heterocycles. The predicted octanol–water partition coefficient (Wildman–Crippen LogP) is 2.05. The van der Waals surface area contributed by atoms with Gasteiger partial charge >= 0.3 is 5.97 Å². The van der Waals surface area contributed by atoms with E-state index in [1.165, 1.54) is 12.1 Å². The summed E-state index contributed by atoms with van der Waals surface area (Å²) >= 11 is 0. The first-order valence-electron chi connectivity index (χ1n) is 7.11. The van der Waals surface area contributed by atoms with E-state index in [0.717, 1.165) is 17.0 Å². The van der Waals surface area contributed by atoms with E-state index in [4.69, 9.17) is 5.11 Å². The minimum absolute atomic E-state index is 0.0528. The minimum Gasteiger partial charge on any atom is -0.481 e. The molecule has 122 valence electrons. The van der Waals surface area contributed by atoms with E-state index >= 15 is 0 Å². The second kappa shape index (κ2) is 6.60. The quantitative estimate of drug-likeness (QED) is 0.883. The largest absolute Gasteiger partial charge is 0.481 e. The monoisotopic (exact) mass is 319 g/mol. The van der Waals surface area contributed by atoms with Crippen LogP contribution < -0.4 is 5.32 Å². The van der Waals surface area contributed by atoms with E-state index in [1.807, 2.05) is 20.9 Å². The molecule has 0 saturated heterocycles. The van der Waals surface area contributed by atoms with Crippen LogP contribution in [0.1, 0.15) is 28.2 Å². The summed E-state index contributed by atoms with van der Waals surface area (Å²) in [7, 11) is 1.81. The molecular formula is C16H18FN3O3. The summed E-state index contributed by atoms with van der Waals surface area (Å²) in [4.78, 5) is 22.5. The predicted molar refractivity (Wildman–Crippen MR) is 82.7 cm³/mol. The minimum atomic E-state index is -1.03. The number of hydrogen-bond acceptors (Lipinski definition) is 3. The Morgan fingerprint density at radius 3 is 2.61 bits per heavy atom. The molecule has 1 aromatic heterocycles. The van der Waals surface area contributed by atoms with Gasteiger partial charge in [-0.1, -0.05) is 6.07 Å². The van der Waals surface area contributed by atoms with Crippen molar-refractivity contribution >= 4 is 11.9 Å². The molecular weight excluding hydrogens is 301 g/mol. The highest BCUT2D eigenvalue weighted by Gasteiger charge is 2.17. The maximum absolute atomic E-state index is 13.9. The molecule has 0 unspecified atom stereocenters. The number of halogens is 1. The fourth-order valence-electron chi connectivity index (χ4n) is 2.42. The lowest BCUT2D eigenvalue weighted by molar-refractivity contribution is -0.136. The maximum Gasteiger partial charge on any atom is 0.305 e. The molecule has 0 radical (unpaired) electrons. The van der Waals surface area contributed by atoms with Gasteiger partial charge in [-0.2, -0.15) is 5.10 Å². The van der Waals surface area contributed by atoms with Gasteiger partial charge in [0.2, 0.25) is 0 Å². The van der Waals surface area contributed by atoms with Crippen molar-refractivity contribution in [3.63, 3.8) is 0 Å². The van der Waals surface area contributed by atoms with E-state index in [9.17, 15) is 14.0 Å². The third kappa shape index (κ3) is 3.56. The summed E-state index contributed by atoms with van der Waals surface area (Å²) in [6.45, 7) is 3.69. The van der Waals surface area contributed by atoms with Gasteiger partial charge in [-0.3, -0.25) is 14.3 Å². The van der Waals surface area contributed by atoms with Crippen molar-refractivity contribution in [1.29, 1.82) is 0 Å². The van der Waals surface area contributed by atoms with Crippen molar-refractivity contribution < 1.29 is 19.1 Å². The van der Waals surface area contributed by atoms with Crippen LogP contribution in [0.25, 0.3) is 11.1 Å². The molecule has 0 spiro atoms. The van der Waals surface area contributed by atoms with Gasteiger partial charge in [0.15, 0.2) is 0 Å². The molecule has 0 aliphatic heterocycles. The molecule has 7 heteroatoms. The van der Waals surface area contributed by atoms with E-state index in [0.29, 0.717) is 5.56 Å².